The lowest BCUT2D eigenvalue weighted by molar-refractivity contribution is -0.124. The number of nitrogens with two attached hydrogens (primary N) is 1. The van der Waals surface area contributed by atoms with Gasteiger partial charge in [-0.3, -0.25) is 4.79 Å². The van der Waals surface area contributed by atoms with Gasteiger partial charge in [0.2, 0.25) is 15.9 Å². The maximum absolute atomic E-state index is 12.9. The summed E-state index contributed by atoms with van der Waals surface area (Å²) in [6.07, 6.45) is 0.272. The Labute approximate surface area is 138 Å². The minimum Gasteiger partial charge on any atom is -0.355 e. The molecule has 0 saturated carbocycles. The largest absolute Gasteiger partial charge is 0.355 e. The number of sulfonamides is 1. The van der Waals surface area contributed by atoms with Crippen molar-refractivity contribution in [2.24, 2.45) is 5.73 Å². The molecule has 3 rings (SSSR count). The number of hydrogen-bond acceptors (Lipinski definition) is 5. The Kier molecular flexibility index (Phi) is 4.20. The van der Waals surface area contributed by atoms with E-state index in [0.717, 1.165) is 4.31 Å². The van der Waals surface area contributed by atoms with Crippen LogP contribution >= 0.6 is 0 Å². The van der Waals surface area contributed by atoms with Crippen LogP contribution in [0.25, 0.3) is 11.0 Å². The molecule has 1 aliphatic heterocycles. The second kappa shape index (κ2) is 6.04. The van der Waals surface area contributed by atoms with Gasteiger partial charge in [0.1, 0.15) is 6.04 Å². The van der Waals surface area contributed by atoms with E-state index in [0.29, 0.717) is 17.6 Å². The van der Waals surface area contributed by atoms with Crippen molar-refractivity contribution < 1.29 is 13.2 Å². The zero-order valence-corrected chi connectivity index (χ0v) is 13.9. The van der Waals surface area contributed by atoms with Crippen molar-refractivity contribution in [2.45, 2.75) is 30.3 Å². The third-order valence-corrected chi connectivity index (χ3v) is 5.91. The summed E-state index contributed by atoms with van der Waals surface area (Å²) in [4.78, 5) is 28.6. The Bertz CT molecular complexity index is 932. The lowest BCUT2D eigenvalue weighted by Crippen LogP contribution is -2.45. The van der Waals surface area contributed by atoms with E-state index in [4.69, 9.17) is 5.73 Å². The van der Waals surface area contributed by atoms with Gasteiger partial charge in [-0.15, -0.1) is 0 Å². The highest BCUT2D eigenvalue weighted by molar-refractivity contribution is 7.89. The third kappa shape index (κ3) is 2.83. The highest BCUT2D eigenvalue weighted by Crippen LogP contribution is 2.27. The normalized spacial score (nSPS) is 22.1. The summed E-state index contributed by atoms with van der Waals surface area (Å²) in [6.45, 7) is 2.25. The number of nitrogens with zero attached hydrogens (tertiary/aromatic N) is 1. The van der Waals surface area contributed by atoms with Crippen molar-refractivity contribution in [3.63, 3.8) is 0 Å². The predicted octanol–water partition coefficient (Wildman–Crippen LogP) is -0.917. The predicted molar refractivity (Wildman–Crippen MR) is 87.9 cm³/mol. The number of aromatic nitrogens is 2. The number of benzene rings is 1. The van der Waals surface area contributed by atoms with Crippen LogP contribution in [0.1, 0.15) is 13.3 Å². The van der Waals surface area contributed by atoms with Gasteiger partial charge >= 0.3 is 5.69 Å². The number of H-pyrrole nitrogens is 2. The van der Waals surface area contributed by atoms with Crippen molar-refractivity contribution in [1.82, 2.24) is 19.6 Å². The number of nitrogens with one attached hydrogen (secondary N) is 3. The molecule has 5 N–H and O–H groups in total. The molecule has 2 atom stereocenters. The Balaban J connectivity index is 2.00. The Morgan fingerprint density at radius 3 is 2.79 bits per heavy atom. The molecule has 0 aliphatic carbocycles. The van der Waals surface area contributed by atoms with Crippen molar-refractivity contribution in [3.05, 3.63) is 28.7 Å². The maximum atomic E-state index is 12.9. The second-order valence-electron chi connectivity index (χ2n) is 5.77. The van der Waals surface area contributed by atoms with Gasteiger partial charge in [-0.1, -0.05) is 0 Å². The first kappa shape index (κ1) is 16.7. The molecule has 1 fully saturated rings. The van der Waals surface area contributed by atoms with E-state index in [1.54, 1.807) is 6.92 Å². The fourth-order valence-electron chi connectivity index (χ4n) is 2.94. The maximum Gasteiger partial charge on any atom is 0.323 e. The minimum atomic E-state index is -3.91. The number of hydrogen-bond donors (Lipinski definition) is 4. The molecule has 1 aliphatic rings. The average molecular weight is 353 g/mol. The summed E-state index contributed by atoms with van der Waals surface area (Å²) in [5.41, 5.74) is 6.37. The summed E-state index contributed by atoms with van der Waals surface area (Å²) >= 11 is 0. The molecule has 1 amide bonds. The van der Waals surface area contributed by atoms with Gasteiger partial charge in [0, 0.05) is 19.1 Å². The Hall–Kier alpha value is -2.17. The van der Waals surface area contributed by atoms with Crippen LogP contribution in [0.15, 0.2) is 27.9 Å². The monoisotopic (exact) mass is 353 g/mol. The number of fused-ring (bicyclic) bond motifs is 1. The molecule has 0 spiro atoms. The summed E-state index contributed by atoms with van der Waals surface area (Å²) in [6, 6.07) is 3.06. The van der Waals surface area contributed by atoms with Crippen LogP contribution in [-0.2, 0) is 14.8 Å². The van der Waals surface area contributed by atoms with Crippen molar-refractivity contribution in [1.29, 1.82) is 0 Å². The van der Waals surface area contributed by atoms with E-state index in [1.165, 1.54) is 18.2 Å². The highest BCUT2D eigenvalue weighted by atomic mass is 32.2. The summed E-state index contributed by atoms with van der Waals surface area (Å²) in [5.74, 6) is -0.356. The third-order valence-electron chi connectivity index (χ3n) is 4.04. The Morgan fingerprint density at radius 1 is 1.38 bits per heavy atom. The standard InChI is InChI=1S/C14H19N5O4S/c1-2-16-13(20)12-5-8(15)7-19(12)24(22,23)9-3-4-10-11(6-9)18-14(21)17-10/h3-4,6,8,12H,2,5,7,15H2,1H3,(H,16,20)(H2,17,18,21)/t8-,12+/m1/s1. The lowest BCUT2D eigenvalue weighted by Gasteiger charge is -2.23. The van der Waals surface area contributed by atoms with Crippen LogP contribution in [0, 0.1) is 0 Å². The molecule has 24 heavy (non-hydrogen) atoms. The van der Waals surface area contributed by atoms with E-state index in [1.807, 2.05) is 0 Å². The molecular formula is C14H19N5O4S. The zero-order valence-electron chi connectivity index (χ0n) is 13.1. The number of aromatic amines is 2. The Morgan fingerprint density at radius 2 is 2.08 bits per heavy atom. The van der Waals surface area contributed by atoms with Crippen LogP contribution in [0.3, 0.4) is 0 Å². The van der Waals surface area contributed by atoms with Crippen LogP contribution < -0.4 is 16.7 Å². The smallest absolute Gasteiger partial charge is 0.323 e. The molecule has 1 aromatic heterocycles. The molecule has 2 heterocycles. The van der Waals surface area contributed by atoms with Crippen LogP contribution in [0.2, 0.25) is 0 Å². The number of likely N-dealkylation sites (N-methyl/N-ethyl adjacent to an activating group) is 1. The van der Waals surface area contributed by atoms with E-state index < -0.39 is 27.8 Å². The van der Waals surface area contributed by atoms with Gasteiger partial charge in [0.15, 0.2) is 0 Å². The first-order valence-electron chi connectivity index (χ1n) is 7.60. The second-order valence-corrected chi connectivity index (χ2v) is 7.66. The lowest BCUT2D eigenvalue weighted by atomic mass is 10.2. The van der Waals surface area contributed by atoms with Gasteiger partial charge in [-0.2, -0.15) is 4.31 Å². The zero-order chi connectivity index (χ0) is 17.5. The molecule has 1 aromatic carbocycles. The molecule has 2 aromatic rings. The van der Waals surface area contributed by atoms with E-state index in [-0.39, 0.29) is 23.8 Å². The van der Waals surface area contributed by atoms with Gasteiger partial charge in [-0.05, 0) is 31.5 Å². The number of imidazole rings is 1. The summed E-state index contributed by atoms with van der Waals surface area (Å²) in [5, 5.41) is 2.64. The van der Waals surface area contributed by atoms with Gasteiger partial charge in [-0.25, -0.2) is 13.2 Å². The van der Waals surface area contributed by atoms with E-state index in [2.05, 4.69) is 15.3 Å². The van der Waals surface area contributed by atoms with E-state index in [9.17, 15) is 18.0 Å². The summed E-state index contributed by atoms with van der Waals surface area (Å²) < 4.78 is 27.0. The number of amides is 1. The quantitative estimate of drug-likeness (QED) is 0.563. The van der Waals surface area contributed by atoms with E-state index >= 15 is 0 Å². The fourth-order valence-corrected chi connectivity index (χ4v) is 4.62. The van der Waals surface area contributed by atoms with Gasteiger partial charge < -0.3 is 21.0 Å². The number of carbonyl (C=O) groups is 1. The van der Waals surface area contributed by atoms with Crippen LogP contribution in [0.5, 0.6) is 0 Å². The molecule has 0 radical (unpaired) electrons. The molecular weight excluding hydrogens is 334 g/mol. The number of carbonyl (C=O) groups excluding carboxylic acids is 1. The van der Waals surface area contributed by atoms with Crippen molar-refractivity contribution in [2.75, 3.05) is 13.1 Å². The van der Waals surface area contributed by atoms with Crippen LogP contribution in [0.4, 0.5) is 0 Å². The van der Waals surface area contributed by atoms with Gasteiger partial charge in [0.05, 0.1) is 15.9 Å². The fraction of sp³-hybridized carbons (Fsp3) is 0.429. The summed E-state index contributed by atoms with van der Waals surface area (Å²) in [7, 11) is -3.91. The van der Waals surface area contributed by atoms with Crippen molar-refractivity contribution in [3.8, 4) is 0 Å². The highest BCUT2D eigenvalue weighted by Gasteiger charge is 2.42. The van der Waals surface area contributed by atoms with Crippen molar-refractivity contribution >= 4 is 27.0 Å². The number of rotatable bonds is 4. The SMILES string of the molecule is CCNC(=O)[C@@H]1C[C@@H](N)CN1S(=O)(=O)c1ccc2[nH]c(=O)[nH]c2c1. The molecule has 130 valence electrons. The van der Waals surface area contributed by atoms with Crippen LogP contribution in [-0.4, -0.2) is 53.8 Å². The van der Waals surface area contributed by atoms with Gasteiger partial charge in [0.25, 0.3) is 0 Å². The average Bonchev–Trinajstić information content (AvgIpc) is 3.08. The molecule has 0 unspecified atom stereocenters. The molecule has 1 saturated heterocycles. The molecule has 10 heteroatoms. The topological polar surface area (TPSA) is 141 Å². The molecule has 0 bridgehead atoms. The first-order valence-corrected chi connectivity index (χ1v) is 9.04. The minimum absolute atomic E-state index is 0.00801. The molecule has 9 nitrogen and oxygen atoms in total. The first-order chi connectivity index (χ1) is 11.3.